The molecule has 0 bridgehead atoms. The molecule has 0 radical (unpaired) electrons. The van der Waals surface area contributed by atoms with Gasteiger partial charge in [-0.15, -0.1) is 0 Å². The second-order valence-electron chi connectivity index (χ2n) is 10.6. The molecule has 0 saturated carbocycles. The maximum Gasteiger partial charge on any atom is 0.335 e. The normalized spacial score (nSPS) is 15.8. The fourth-order valence-electron chi connectivity index (χ4n) is 4.91. The van der Waals surface area contributed by atoms with Crippen LogP contribution in [-0.4, -0.2) is 11.1 Å². The van der Waals surface area contributed by atoms with Gasteiger partial charge >= 0.3 is 5.97 Å². The highest BCUT2D eigenvalue weighted by molar-refractivity contribution is 5.87. The lowest BCUT2D eigenvalue weighted by atomic mass is 9.61. The third kappa shape index (κ3) is 4.74. The fraction of sp³-hybridized carbons (Fsp3) is 0.323. The molecule has 4 rings (SSSR count). The molecule has 0 amide bonds. The van der Waals surface area contributed by atoms with Crippen LogP contribution in [0.2, 0.25) is 0 Å². The third-order valence-corrected chi connectivity index (χ3v) is 7.03. The lowest BCUT2D eigenvalue weighted by Gasteiger charge is -2.43. The summed E-state index contributed by atoms with van der Waals surface area (Å²) in [6, 6.07) is 20.3. The van der Waals surface area contributed by atoms with Crippen LogP contribution >= 0.6 is 0 Å². The van der Waals surface area contributed by atoms with Gasteiger partial charge in [0.2, 0.25) is 0 Å². The zero-order valence-corrected chi connectivity index (χ0v) is 20.3. The van der Waals surface area contributed by atoms with E-state index in [0.29, 0.717) is 6.42 Å². The monoisotopic (exact) mass is 436 g/mol. The van der Waals surface area contributed by atoms with Crippen LogP contribution in [0.25, 0.3) is 11.1 Å². The average Bonchev–Trinajstić information content (AvgIpc) is 2.77. The highest BCUT2D eigenvalue weighted by Gasteiger charge is 2.38. The molecule has 0 aromatic heterocycles. The number of hydrogen-bond acceptors (Lipinski definition) is 1. The van der Waals surface area contributed by atoms with E-state index < -0.39 is 5.97 Å². The van der Waals surface area contributed by atoms with E-state index in [9.17, 15) is 4.79 Å². The summed E-state index contributed by atoms with van der Waals surface area (Å²) in [5.74, 6) is 5.69. The Morgan fingerprint density at radius 3 is 2.15 bits per heavy atom. The third-order valence-electron chi connectivity index (χ3n) is 7.03. The molecule has 0 saturated heterocycles. The van der Waals surface area contributed by atoms with Gasteiger partial charge in [0.25, 0.3) is 0 Å². The van der Waals surface area contributed by atoms with Gasteiger partial charge in [0.05, 0.1) is 5.56 Å². The van der Waals surface area contributed by atoms with Gasteiger partial charge in [-0.05, 0) is 88.7 Å². The Kier molecular flexibility index (Phi) is 5.93. The van der Waals surface area contributed by atoms with Crippen molar-refractivity contribution in [1.29, 1.82) is 0 Å². The second-order valence-corrected chi connectivity index (χ2v) is 10.6. The minimum absolute atomic E-state index is 0.108. The molecular weight excluding hydrogens is 404 g/mol. The Morgan fingerprint density at radius 1 is 0.879 bits per heavy atom. The second kappa shape index (κ2) is 8.56. The topological polar surface area (TPSA) is 37.3 Å². The lowest BCUT2D eigenvalue weighted by Crippen LogP contribution is -2.35. The number of benzene rings is 3. The molecule has 1 aliphatic carbocycles. The smallest absolute Gasteiger partial charge is 0.335 e. The summed E-state index contributed by atoms with van der Waals surface area (Å²) >= 11 is 0. The first-order valence-electron chi connectivity index (χ1n) is 11.6. The van der Waals surface area contributed by atoms with Crippen LogP contribution in [0.4, 0.5) is 0 Å². The Bertz CT molecular complexity index is 1250. The quantitative estimate of drug-likeness (QED) is 0.437. The van der Waals surface area contributed by atoms with Gasteiger partial charge in [-0.1, -0.05) is 75.4 Å². The first-order chi connectivity index (χ1) is 15.6. The largest absolute Gasteiger partial charge is 0.478 e. The Labute approximate surface area is 197 Å². The molecule has 1 N–H and O–H groups in total. The van der Waals surface area contributed by atoms with Crippen LogP contribution in [0, 0.1) is 18.8 Å². The molecule has 0 unspecified atom stereocenters. The molecule has 0 heterocycles. The van der Waals surface area contributed by atoms with Crippen molar-refractivity contribution < 1.29 is 9.90 Å². The predicted octanol–water partition coefficient (Wildman–Crippen LogP) is 7.30. The number of carbonyl (C=O) groups is 1. The molecule has 168 valence electrons. The SMILES string of the molecule is Cc1ccc(-c2cc(CC#Cc3ccc(C(=O)O)cc3)c3c(c2)C(C)(C)CCC3(C)C)cc1. The molecule has 0 atom stereocenters. The predicted molar refractivity (Wildman–Crippen MR) is 136 cm³/mol. The number of rotatable bonds is 3. The standard InChI is InChI=1S/C31H32O2/c1-21-9-13-23(14-10-21)26-19-25(8-6-7-22-11-15-24(16-12-22)29(32)33)28-27(20-26)30(2,3)17-18-31(28,4)5/h9-16,19-20H,8,17-18H2,1-5H3,(H,32,33). The first-order valence-corrected chi connectivity index (χ1v) is 11.6. The summed E-state index contributed by atoms with van der Waals surface area (Å²) in [5, 5.41) is 9.10. The van der Waals surface area contributed by atoms with E-state index in [1.807, 2.05) is 0 Å². The maximum atomic E-state index is 11.1. The minimum atomic E-state index is -0.918. The van der Waals surface area contributed by atoms with Crippen LogP contribution in [0.1, 0.15) is 78.7 Å². The van der Waals surface area contributed by atoms with Crippen molar-refractivity contribution in [3.63, 3.8) is 0 Å². The van der Waals surface area contributed by atoms with Gasteiger partial charge in [-0.3, -0.25) is 0 Å². The fourth-order valence-corrected chi connectivity index (χ4v) is 4.91. The minimum Gasteiger partial charge on any atom is -0.478 e. The molecule has 2 heteroatoms. The van der Waals surface area contributed by atoms with Gasteiger partial charge < -0.3 is 5.11 Å². The molecule has 0 aliphatic heterocycles. The van der Waals surface area contributed by atoms with E-state index in [-0.39, 0.29) is 16.4 Å². The highest BCUT2D eigenvalue weighted by Crippen LogP contribution is 2.48. The Hall–Kier alpha value is -3.31. The van der Waals surface area contributed by atoms with E-state index in [4.69, 9.17) is 5.11 Å². The molecule has 2 nitrogen and oxygen atoms in total. The first kappa shape index (κ1) is 22.9. The molecule has 1 aliphatic rings. The summed E-state index contributed by atoms with van der Waals surface area (Å²) in [6.45, 7) is 11.5. The zero-order valence-electron chi connectivity index (χ0n) is 20.3. The van der Waals surface area contributed by atoms with E-state index in [0.717, 1.165) is 12.0 Å². The number of carboxylic acid groups (broad SMARTS) is 1. The van der Waals surface area contributed by atoms with Gasteiger partial charge in [0, 0.05) is 12.0 Å². The van der Waals surface area contributed by atoms with Crippen molar-refractivity contribution in [1.82, 2.24) is 0 Å². The average molecular weight is 437 g/mol. The molecule has 33 heavy (non-hydrogen) atoms. The number of carboxylic acids is 1. The van der Waals surface area contributed by atoms with Crippen molar-refractivity contribution in [2.45, 2.75) is 64.7 Å². The van der Waals surface area contributed by atoms with E-state index in [2.05, 4.69) is 82.9 Å². The maximum absolute atomic E-state index is 11.1. The lowest BCUT2D eigenvalue weighted by molar-refractivity contribution is 0.0697. The van der Waals surface area contributed by atoms with E-state index in [1.54, 1.807) is 24.3 Å². The van der Waals surface area contributed by atoms with Gasteiger partial charge in [-0.25, -0.2) is 4.79 Å². The molecule has 3 aromatic rings. The summed E-state index contributed by atoms with van der Waals surface area (Å²) in [7, 11) is 0. The zero-order chi connectivity index (χ0) is 23.8. The highest BCUT2D eigenvalue weighted by atomic mass is 16.4. The number of aromatic carboxylic acids is 1. The van der Waals surface area contributed by atoms with E-state index in [1.165, 1.54) is 39.8 Å². The Morgan fingerprint density at radius 2 is 1.52 bits per heavy atom. The molecule has 3 aromatic carbocycles. The van der Waals surface area contributed by atoms with Gasteiger partial charge in [0.15, 0.2) is 0 Å². The van der Waals surface area contributed by atoms with Crippen LogP contribution in [0.3, 0.4) is 0 Å². The number of hydrogen-bond donors (Lipinski definition) is 1. The van der Waals surface area contributed by atoms with E-state index >= 15 is 0 Å². The van der Waals surface area contributed by atoms with Crippen molar-refractivity contribution in [3.8, 4) is 23.0 Å². The van der Waals surface area contributed by atoms with Crippen LogP contribution in [0.5, 0.6) is 0 Å². The summed E-state index contributed by atoms with van der Waals surface area (Å²) in [4.78, 5) is 11.1. The molecule has 0 fully saturated rings. The Balaban J connectivity index is 1.78. The van der Waals surface area contributed by atoms with Crippen LogP contribution in [-0.2, 0) is 17.3 Å². The summed E-state index contributed by atoms with van der Waals surface area (Å²) in [5.41, 5.74) is 9.30. The molecular formula is C31H32O2. The summed E-state index contributed by atoms with van der Waals surface area (Å²) < 4.78 is 0. The van der Waals surface area contributed by atoms with Gasteiger partial charge in [0.1, 0.15) is 0 Å². The van der Waals surface area contributed by atoms with Crippen molar-refractivity contribution in [2.24, 2.45) is 0 Å². The number of aryl methyl sites for hydroxylation is 1. The van der Waals surface area contributed by atoms with Gasteiger partial charge in [-0.2, -0.15) is 0 Å². The van der Waals surface area contributed by atoms with Crippen molar-refractivity contribution in [3.05, 3.63) is 94.0 Å². The van der Waals surface area contributed by atoms with Crippen molar-refractivity contribution >= 4 is 5.97 Å². The number of fused-ring (bicyclic) bond motifs is 1. The van der Waals surface area contributed by atoms with Crippen molar-refractivity contribution in [2.75, 3.05) is 0 Å². The summed E-state index contributed by atoms with van der Waals surface area (Å²) in [6.07, 6.45) is 3.00. The van der Waals surface area contributed by atoms with Crippen LogP contribution < -0.4 is 0 Å². The van der Waals surface area contributed by atoms with Crippen LogP contribution in [0.15, 0.2) is 60.7 Å². The molecule has 0 spiro atoms.